The van der Waals surface area contributed by atoms with E-state index < -0.39 is 0 Å². The van der Waals surface area contributed by atoms with Crippen molar-refractivity contribution in [1.82, 2.24) is 9.55 Å². The van der Waals surface area contributed by atoms with Crippen molar-refractivity contribution in [3.8, 4) is 0 Å². The highest BCUT2D eigenvalue weighted by atomic mass is 16.2. The number of carbonyl (C=O) groups is 1. The van der Waals surface area contributed by atoms with E-state index in [1.807, 2.05) is 32.0 Å². The highest BCUT2D eigenvalue weighted by Gasteiger charge is 2.07. The summed E-state index contributed by atoms with van der Waals surface area (Å²) >= 11 is 0. The zero-order valence-corrected chi connectivity index (χ0v) is 11.5. The molecular formula is C15H17N3O2. The van der Waals surface area contributed by atoms with Gasteiger partial charge in [-0.05, 0) is 18.1 Å². The molecule has 0 unspecified atom stereocenters. The molecule has 2 rings (SSSR count). The normalized spacial score (nSPS) is 10.6. The van der Waals surface area contributed by atoms with Crippen LogP contribution in [0, 0.1) is 0 Å². The van der Waals surface area contributed by atoms with E-state index in [-0.39, 0.29) is 23.9 Å². The van der Waals surface area contributed by atoms with E-state index in [0.29, 0.717) is 5.69 Å². The summed E-state index contributed by atoms with van der Waals surface area (Å²) < 4.78 is 1.30. The fraction of sp³-hybridized carbons (Fsp3) is 0.267. The summed E-state index contributed by atoms with van der Waals surface area (Å²) in [5.74, 6) is -0.0621. The number of hydrogen-bond donors (Lipinski definition) is 1. The molecule has 2 aromatic rings. The molecular weight excluding hydrogens is 254 g/mol. The minimum atomic E-state index is -0.252. The van der Waals surface area contributed by atoms with Crippen LogP contribution in [0.15, 0.2) is 47.5 Å². The highest BCUT2D eigenvalue weighted by molar-refractivity contribution is 5.90. The summed E-state index contributed by atoms with van der Waals surface area (Å²) in [6, 6.07) is 10.6. The van der Waals surface area contributed by atoms with Gasteiger partial charge in [0, 0.05) is 11.8 Å². The Morgan fingerprint density at radius 2 is 2.00 bits per heavy atom. The molecule has 1 N–H and O–H groups in total. The Balaban J connectivity index is 2.07. The van der Waals surface area contributed by atoms with Crippen LogP contribution in [0.25, 0.3) is 0 Å². The SMILES string of the molecule is CC(C)c1cc(=O)n(CC(=O)Nc2ccccc2)cn1. The summed E-state index contributed by atoms with van der Waals surface area (Å²) in [7, 11) is 0. The van der Waals surface area contributed by atoms with Gasteiger partial charge >= 0.3 is 0 Å². The first-order chi connectivity index (χ1) is 9.56. The summed E-state index contributed by atoms with van der Waals surface area (Å²) in [5.41, 5.74) is 1.22. The predicted octanol–water partition coefficient (Wildman–Crippen LogP) is 2.01. The molecule has 5 nitrogen and oxygen atoms in total. The fourth-order valence-corrected chi connectivity index (χ4v) is 1.75. The van der Waals surface area contributed by atoms with E-state index in [9.17, 15) is 9.59 Å². The van der Waals surface area contributed by atoms with Crippen LogP contribution >= 0.6 is 0 Å². The lowest BCUT2D eigenvalue weighted by atomic mass is 10.1. The van der Waals surface area contributed by atoms with Crippen molar-refractivity contribution in [3.63, 3.8) is 0 Å². The third-order valence-electron chi connectivity index (χ3n) is 2.86. The number of anilines is 1. The molecule has 1 heterocycles. The quantitative estimate of drug-likeness (QED) is 0.925. The summed E-state index contributed by atoms with van der Waals surface area (Å²) in [4.78, 5) is 27.9. The lowest BCUT2D eigenvalue weighted by molar-refractivity contribution is -0.116. The van der Waals surface area contributed by atoms with Gasteiger partial charge in [-0.3, -0.25) is 14.2 Å². The number of rotatable bonds is 4. The average molecular weight is 271 g/mol. The van der Waals surface area contributed by atoms with Crippen molar-refractivity contribution in [2.45, 2.75) is 26.3 Å². The van der Waals surface area contributed by atoms with Crippen LogP contribution in [0.4, 0.5) is 5.69 Å². The lowest BCUT2D eigenvalue weighted by Gasteiger charge is -2.08. The second kappa shape index (κ2) is 6.14. The Morgan fingerprint density at radius 1 is 1.30 bits per heavy atom. The summed E-state index contributed by atoms with van der Waals surface area (Å²) in [6.45, 7) is 3.89. The number of hydrogen-bond acceptors (Lipinski definition) is 3. The molecule has 0 atom stereocenters. The van der Waals surface area contributed by atoms with Gasteiger partial charge in [0.2, 0.25) is 5.91 Å². The molecule has 0 aliphatic rings. The standard InChI is InChI=1S/C15H17N3O2/c1-11(2)13-8-15(20)18(10-16-13)9-14(19)17-12-6-4-3-5-7-12/h3-8,10-11H,9H2,1-2H3,(H,17,19). The number of aromatic nitrogens is 2. The van der Waals surface area contributed by atoms with Crippen LogP contribution in [0.5, 0.6) is 0 Å². The van der Waals surface area contributed by atoms with Crippen molar-refractivity contribution in [3.05, 3.63) is 58.8 Å². The summed E-state index contributed by atoms with van der Waals surface area (Å²) in [6.07, 6.45) is 1.42. The molecule has 0 spiro atoms. The maximum atomic E-state index is 11.9. The van der Waals surface area contributed by atoms with Gasteiger partial charge in [0.15, 0.2) is 0 Å². The first-order valence-corrected chi connectivity index (χ1v) is 6.47. The number of amides is 1. The van der Waals surface area contributed by atoms with Crippen molar-refractivity contribution >= 4 is 11.6 Å². The minimum absolute atomic E-state index is 0.0426. The van der Waals surface area contributed by atoms with Gasteiger partial charge in [0.25, 0.3) is 5.56 Å². The van der Waals surface area contributed by atoms with Crippen molar-refractivity contribution in [2.75, 3.05) is 5.32 Å². The average Bonchev–Trinajstić information content (AvgIpc) is 2.42. The molecule has 0 fully saturated rings. The third-order valence-corrected chi connectivity index (χ3v) is 2.86. The van der Waals surface area contributed by atoms with Gasteiger partial charge in [-0.15, -0.1) is 0 Å². The van der Waals surface area contributed by atoms with Gasteiger partial charge < -0.3 is 5.32 Å². The third kappa shape index (κ3) is 3.54. The zero-order valence-electron chi connectivity index (χ0n) is 11.5. The molecule has 1 aromatic carbocycles. The first kappa shape index (κ1) is 14.0. The monoisotopic (exact) mass is 271 g/mol. The van der Waals surface area contributed by atoms with Crippen LogP contribution in [-0.4, -0.2) is 15.5 Å². The Kier molecular flexibility index (Phi) is 4.30. The zero-order chi connectivity index (χ0) is 14.5. The Morgan fingerprint density at radius 3 is 2.60 bits per heavy atom. The Bertz CT molecular complexity index is 648. The predicted molar refractivity (Wildman–Crippen MR) is 77.7 cm³/mol. The van der Waals surface area contributed by atoms with Crippen molar-refractivity contribution in [2.24, 2.45) is 0 Å². The van der Waals surface area contributed by atoms with E-state index in [0.717, 1.165) is 5.69 Å². The van der Waals surface area contributed by atoms with Gasteiger partial charge in [0.1, 0.15) is 6.54 Å². The second-order valence-electron chi connectivity index (χ2n) is 4.85. The van der Waals surface area contributed by atoms with Crippen molar-refractivity contribution < 1.29 is 4.79 Å². The molecule has 1 aromatic heterocycles. The lowest BCUT2D eigenvalue weighted by Crippen LogP contribution is -2.28. The number of carbonyl (C=O) groups excluding carboxylic acids is 1. The van der Waals surface area contributed by atoms with E-state index in [1.165, 1.54) is 17.0 Å². The molecule has 0 bridgehead atoms. The first-order valence-electron chi connectivity index (χ1n) is 6.47. The smallest absolute Gasteiger partial charge is 0.254 e. The fourth-order valence-electron chi connectivity index (χ4n) is 1.75. The number of nitrogens with one attached hydrogen (secondary N) is 1. The number of nitrogens with zero attached hydrogens (tertiary/aromatic N) is 2. The summed E-state index contributed by atoms with van der Waals surface area (Å²) in [5, 5.41) is 2.73. The Hall–Kier alpha value is -2.43. The molecule has 0 radical (unpaired) electrons. The molecule has 0 aliphatic carbocycles. The van der Waals surface area contributed by atoms with Gasteiger partial charge in [0.05, 0.1) is 12.0 Å². The molecule has 0 saturated heterocycles. The largest absolute Gasteiger partial charge is 0.325 e. The van der Waals surface area contributed by atoms with Crippen LogP contribution in [0.3, 0.4) is 0 Å². The molecule has 5 heteroatoms. The van der Waals surface area contributed by atoms with Crippen LogP contribution in [0.2, 0.25) is 0 Å². The molecule has 0 saturated carbocycles. The van der Waals surface area contributed by atoms with Gasteiger partial charge in [-0.2, -0.15) is 0 Å². The molecule has 20 heavy (non-hydrogen) atoms. The maximum absolute atomic E-state index is 11.9. The highest BCUT2D eigenvalue weighted by Crippen LogP contribution is 2.07. The van der Waals surface area contributed by atoms with Crippen LogP contribution in [-0.2, 0) is 11.3 Å². The molecule has 104 valence electrons. The molecule has 1 amide bonds. The van der Waals surface area contributed by atoms with Gasteiger partial charge in [-0.25, -0.2) is 4.98 Å². The van der Waals surface area contributed by atoms with Crippen LogP contribution in [0.1, 0.15) is 25.5 Å². The maximum Gasteiger partial charge on any atom is 0.254 e. The van der Waals surface area contributed by atoms with E-state index in [2.05, 4.69) is 10.3 Å². The van der Waals surface area contributed by atoms with Gasteiger partial charge in [-0.1, -0.05) is 32.0 Å². The second-order valence-corrected chi connectivity index (χ2v) is 4.85. The van der Waals surface area contributed by atoms with E-state index >= 15 is 0 Å². The van der Waals surface area contributed by atoms with Crippen molar-refractivity contribution in [1.29, 1.82) is 0 Å². The number of para-hydroxylation sites is 1. The molecule has 0 aliphatic heterocycles. The Labute approximate surface area is 117 Å². The minimum Gasteiger partial charge on any atom is -0.325 e. The number of benzene rings is 1. The van der Waals surface area contributed by atoms with E-state index in [1.54, 1.807) is 12.1 Å². The van der Waals surface area contributed by atoms with E-state index in [4.69, 9.17) is 0 Å². The topological polar surface area (TPSA) is 64.0 Å². The van der Waals surface area contributed by atoms with Crippen LogP contribution < -0.4 is 10.9 Å².